The van der Waals surface area contributed by atoms with Crippen LogP contribution in [0.3, 0.4) is 0 Å². The minimum absolute atomic E-state index is 0.161. The van der Waals surface area contributed by atoms with Crippen molar-refractivity contribution in [2.45, 2.75) is 13.5 Å². The van der Waals surface area contributed by atoms with Gasteiger partial charge in [0.2, 0.25) is 0 Å². The SMILES string of the molecule is COc1ccc(CNC(=O)c2ccoc2C)cc1OC. The van der Waals surface area contributed by atoms with Crippen LogP contribution in [-0.4, -0.2) is 20.1 Å². The Morgan fingerprint density at radius 3 is 2.55 bits per heavy atom. The minimum atomic E-state index is -0.161. The summed E-state index contributed by atoms with van der Waals surface area (Å²) in [5.41, 5.74) is 1.47. The molecule has 2 rings (SSSR count). The normalized spacial score (nSPS) is 10.2. The van der Waals surface area contributed by atoms with Gasteiger partial charge in [0, 0.05) is 6.54 Å². The molecule has 1 aromatic carbocycles. The summed E-state index contributed by atoms with van der Waals surface area (Å²) in [6, 6.07) is 7.17. The number of benzene rings is 1. The molecule has 5 nitrogen and oxygen atoms in total. The van der Waals surface area contributed by atoms with Gasteiger partial charge in [0.05, 0.1) is 26.0 Å². The van der Waals surface area contributed by atoms with Crippen molar-refractivity contribution in [3.05, 3.63) is 47.4 Å². The number of hydrogen-bond acceptors (Lipinski definition) is 4. The number of carbonyl (C=O) groups excluding carboxylic acids is 1. The van der Waals surface area contributed by atoms with E-state index >= 15 is 0 Å². The topological polar surface area (TPSA) is 60.7 Å². The Kier molecular flexibility index (Phi) is 4.30. The van der Waals surface area contributed by atoms with E-state index in [1.807, 2.05) is 18.2 Å². The Morgan fingerprint density at radius 1 is 1.20 bits per heavy atom. The van der Waals surface area contributed by atoms with Gasteiger partial charge in [-0.15, -0.1) is 0 Å². The molecule has 0 saturated heterocycles. The van der Waals surface area contributed by atoms with Gasteiger partial charge in [0.1, 0.15) is 5.76 Å². The Morgan fingerprint density at radius 2 is 1.95 bits per heavy atom. The summed E-state index contributed by atoms with van der Waals surface area (Å²) in [6.45, 7) is 2.16. The van der Waals surface area contributed by atoms with Gasteiger partial charge in [-0.3, -0.25) is 4.79 Å². The molecule has 0 bridgehead atoms. The van der Waals surface area contributed by atoms with E-state index < -0.39 is 0 Å². The Bertz CT molecular complexity index is 604. The van der Waals surface area contributed by atoms with Crippen molar-refractivity contribution < 1.29 is 18.7 Å². The van der Waals surface area contributed by atoms with Crippen LogP contribution in [0, 0.1) is 6.92 Å². The summed E-state index contributed by atoms with van der Waals surface area (Å²) >= 11 is 0. The lowest BCUT2D eigenvalue weighted by Gasteiger charge is -2.10. The van der Waals surface area contributed by atoms with Crippen LogP contribution in [0.4, 0.5) is 0 Å². The second-order valence-corrected chi connectivity index (χ2v) is 4.26. The van der Waals surface area contributed by atoms with Gasteiger partial charge < -0.3 is 19.2 Å². The van der Waals surface area contributed by atoms with Crippen molar-refractivity contribution >= 4 is 5.91 Å². The van der Waals surface area contributed by atoms with Crippen molar-refractivity contribution in [3.63, 3.8) is 0 Å². The average molecular weight is 275 g/mol. The molecule has 0 unspecified atom stereocenters. The Hall–Kier alpha value is -2.43. The predicted octanol–water partition coefficient (Wildman–Crippen LogP) is 2.54. The highest BCUT2D eigenvalue weighted by Crippen LogP contribution is 2.27. The largest absolute Gasteiger partial charge is 0.493 e. The molecule has 0 spiro atoms. The van der Waals surface area contributed by atoms with Crippen LogP contribution >= 0.6 is 0 Å². The Labute approximate surface area is 117 Å². The number of hydrogen-bond donors (Lipinski definition) is 1. The molecule has 1 amide bonds. The van der Waals surface area contributed by atoms with Gasteiger partial charge in [-0.05, 0) is 30.7 Å². The van der Waals surface area contributed by atoms with E-state index in [9.17, 15) is 4.79 Å². The van der Waals surface area contributed by atoms with E-state index in [2.05, 4.69) is 5.32 Å². The third-order valence-corrected chi connectivity index (χ3v) is 3.00. The quantitative estimate of drug-likeness (QED) is 0.911. The average Bonchev–Trinajstić information content (AvgIpc) is 2.90. The summed E-state index contributed by atoms with van der Waals surface area (Å²) in [5, 5.41) is 2.84. The van der Waals surface area contributed by atoms with E-state index in [4.69, 9.17) is 13.9 Å². The first kappa shape index (κ1) is 14.0. The molecule has 0 fully saturated rings. The van der Waals surface area contributed by atoms with Crippen LogP contribution in [-0.2, 0) is 6.54 Å². The van der Waals surface area contributed by atoms with Gasteiger partial charge in [-0.1, -0.05) is 6.07 Å². The first-order valence-corrected chi connectivity index (χ1v) is 6.19. The second kappa shape index (κ2) is 6.14. The van der Waals surface area contributed by atoms with E-state index in [0.29, 0.717) is 29.4 Å². The van der Waals surface area contributed by atoms with Crippen molar-refractivity contribution in [2.75, 3.05) is 14.2 Å². The highest BCUT2D eigenvalue weighted by Gasteiger charge is 2.11. The molecular weight excluding hydrogens is 258 g/mol. The summed E-state index contributed by atoms with van der Waals surface area (Å²) in [7, 11) is 3.16. The molecular formula is C15H17NO4. The van der Waals surface area contributed by atoms with Crippen LogP contribution in [0.15, 0.2) is 34.9 Å². The molecule has 2 aromatic rings. The third kappa shape index (κ3) is 2.93. The number of carbonyl (C=O) groups is 1. The zero-order valence-electron chi connectivity index (χ0n) is 11.7. The molecule has 5 heteroatoms. The predicted molar refractivity (Wildman–Crippen MR) is 74.2 cm³/mol. The maximum atomic E-state index is 12.0. The highest BCUT2D eigenvalue weighted by atomic mass is 16.5. The lowest BCUT2D eigenvalue weighted by molar-refractivity contribution is 0.0949. The number of rotatable bonds is 5. The van der Waals surface area contributed by atoms with E-state index in [1.165, 1.54) is 6.26 Å². The maximum Gasteiger partial charge on any atom is 0.255 e. The third-order valence-electron chi connectivity index (χ3n) is 3.00. The zero-order valence-corrected chi connectivity index (χ0v) is 11.7. The fourth-order valence-electron chi connectivity index (χ4n) is 1.89. The van der Waals surface area contributed by atoms with Crippen LogP contribution in [0.5, 0.6) is 11.5 Å². The van der Waals surface area contributed by atoms with Crippen molar-refractivity contribution in [1.29, 1.82) is 0 Å². The summed E-state index contributed by atoms with van der Waals surface area (Å²) < 4.78 is 15.5. The van der Waals surface area contributed by atoms with Crippen molar-refractivity contribution in [2.24, 2.45) is 0 Å². The van der Waals surface area contributed by atoms with Gasteiger partial charge in [0.15, 0.2) is 11.5 Å². The first-order valence-electron chi connectivity index (χ1n) is 6.19. The molecule has 106 valence electrons. The van der Waals surface area contributed by atoms with Gasteiger partial charge in [-0.2, -0.15) is 0 Å². The monoisotopic (exact) mass is 275 g/mol. The highest BCUT2D eigenvalue weighted by molar-refractivity contribution is 5.94. The van der Waals surface area contributed by atoms with E-state index in [1.54, 1.807) is 27.2 Å². The lowest BCUT2D eigenvalue weighted by atomic mass is 10.2. The minimum Gasteiger partial charge on any atom is -0.493 e. The van der Waals surface area contributed by atoms with Gasteiger partial charge in [-0.25, -0.2) is 0 Å². The van der Waals surface area contributed by atoms with Crippen molar-refractivity contribution in [3.8, 4) is 11.5 Å². The number of methoxy groups -OCH3 is 2. The van der Waals surface area contributed by atoms with Gasteiger partial charge in [0.25, 0.3) is 5.91 Å². The molecule has 1 heterocycles. The standard InChI is InChI=1S/C15H17NO4/c1-10-12(6-7-20-10)15(17)16-9-11-4-5-13(18-2)14(8-11)19-3/h4-8H,9H2,1-3H3,(H,16,17). The molecule has 1 aromatic heterocycles. The smallest absolute Gasteiger partial charge is 0.255 e. The summed E-state index contributed by atoms with van der Waals surface area (Å²) in [6.07, 6.45) is 1.50. The number of nitrogens with one attached hydrogen (secondary N) is 1. The summed E-state index contributed by atoms with van der Waals surface area (Å²) in [4.78, 5) is 12.0. The molecule has 0 aliphatic heterocycles. The van der Waals surface area contributed by atoms with Crippen LogP contribution in [0.1, 0.15) is 21.7 Å². The number of ether oxygens (including phenoxy) is 2. The second-order valence-electron chi connectivity index (χ2n) is 4.26. The lowest BCUT2D eigenvalue weighted by Crippen LogP contribution is -2.22. The molecule has 0 aliphatic carbocycles. The van der Waals surface area contributed by atoms with Crippen LogP contribution < -0.4 is 14.8 Å². The van der Waals surface area contributed by atoms with Crippen LogP contribution in [0.25, 0.3) is 0 Å². The molecule has 20 heavy (non-hydrogen) atoms. The number of amides is 1. The zero-order chi connectivity index (χ0) is 14.5. The first-order chi connectivity index (χ1) is 9.65. The number of aryl methyl sites for hydroxylation is 1. The number of furan rings is 1. The maximum absolute atomic E-state index is 12.0. The molecule has 0 atom stereocenters. The van der Waals surface area contributed by atoms with Gasteiger partial charge >= 0.3 is 0 Å². The van der Waals surface area contributed by atoms with Crippen LogP contribution in [0.2, 0.25) is 0 Å². The van der Waals surface area contributed by atoms with Crippen molar-refractivity contribution in [1.82, 2.24) is 5.32 Å². The van der Waals surface area contributed by atoms with E-state index in [-0.39, 0.29) is 5.91 Å². The Balaban J connectivity index is 2.04. The fraction of sp³-hybridized carbons (Fsp3) is 0.267. The molecule has 0 radical (unpaired) electrons. The molecule has 0 aliphatic rings. The molecule has 0 saturated carbocycles. The summed E-state index contributed by atoms with van der Waals surface area (Å²) in [5.74, 6) is 1.74. The molecule has 1 N–H and O–H groups in total. The van der Waals surface area contributed by atoms with E-state index in [0.717, 1.165) is 5.56 Å². The fourth-order valence-corrected chi connectivity index (χ4v) is 1.89.